The molecule has 1 aliphatic rings. The molecule has 0 aliphatic carbocycles. The number of alkyl halides is 3. The van der Waals surface area contributed by atoms with Crippen molar-refractivity contribution in [3.05, 3.63) is 135 Å². The summed E-state index contributed by atoms with van der Waals surface area (Å²) in [5.41, 5.74) is 5.49. The molecule has 50 heavy (non-hydrogen) atoms. The number of anilines is 2. The topological polar surface area (TPSA) is 134 Å². The number of hydrogen-bond donors (Lipinski definition) is 2. The fourth-order valence-electron chi connectivity index (χ4n) is 5.72. The molecule has 9 nitrogen and oxygen atoms in total. The van der Waals surface area contributed by atoms with Crippen molar-refractivity contribution in [3.8, 4) is 0 Å². The van der Waals surface area contributed by atoms with Crippen LogP contribution in [0.4, 0.5) is 24.7 Å². The van der Waals surface area contributed by atoms with Crippen molar-refractivity contribution in [2.45, 2.75) is 50.5 Å². The molecular formula is C37H33F3N2O7S. The van der Waals surface area contributed by atoms with Gasteiger partial charge in [-0.05, 0) is 54.3 Å². The van der Waals surface area contributed by atoms with Gasteiger partial charge in [0.2, 0.25) is 5.88 Å². The summed E-state index contributed by atoms with van der Waals surface area (Å²) in [7, 11) is -3.93. The molecule has 260 valence electrons. The van der Waals surface area contributed by atoms with Crippen LogP contribution in [-0.2, 0) is 38.9 Å². The highest BCUT2D eigenvalue weighted by Gasteiger charge is 2.38. The second-order valence-electron chi connectivity index (χ2n) is 11.9. The molecule has 2 heterocycles. The summed E-state index contributed by atoms with van der Waals surface area (Å²) in [6.45, 7) is 5.11. The van der Waals surface area contributed by atoms with E-state index in [1.54, 1.807) is 36.4 Å². The van der Waals surface area contributed by atoms with E-state index in [0.29, 0.717) is 35.6 Å². The third kappa shape index (κ3) is 8.40. The molecular weight excluding hydrogens is 673 g/mol. The zero-order valence-corrected chi connectivity index (χ0v) is 27.8. The van der Waals surface area contributed by atoms with Crippen LogP contribution >= 0.6 is 0 Å². The molecule has 0 amide bonds. The predicted octanol–water partition coefficient (Wildman–Crippen LogP) is 7.01. The lowest BCUT2D eigenvalue weighted by molar-refractivity contribution is -0.192. The van der Waals surface area contributed by atoms with Crippen LogP contribution in [0.5, 0.6) is 0 Å². The molecule has 5 aromatic rings. The number of Topliss-reactive ketones (excluding diaryl/α,β-unsaturated/α-hetero) is 1. The molecule has 1 atom stereocenters. The summed E-state index contributed by atoms with van der Waals surface area (Å²) < 4.78 is 65.1. The Balaban J connectivity index is 0.000000630. The maximum atomic E-state index is 13.4. The number of para-hydroxylation sites is 1. The highest BCUT2D eigenvalue weighted by atomic mass is 32.2. The number of carboxylic acids is 1. The minimum absolute atomic E-state index is 0.0464. The Morgan fingerprint density at radius 2 is 1.50 bits per heavy atom. The smallest absolute Gasteiger partial charge is 0.475 e. The summed E-state index contributed by atoms with van der Waals surface area (Å²) in [5.74, 6) is -3.24. The van der Waals surface area contributed by atoms with Crippen LogP contribution in [0.15, 0.2) is 111 Å². The van der Waals surface area contributed by atoms with E-state index in [1.165, 1.54) is 17.2 Å². The van der Waals surface area contributed by atoms with Gasteiger partial charge in [0.05, 0.1) is 22.0 Å². The lowest BCUT2D eigenvalue weighted by atomic mass is 10.0. The van der Waals surface area contributed by atoms with Crippen molar-refractivity contribution < 1.29 is 40.7 Å². The van der Waals surface area contributed by atoms with Gasteiger partial charge in [0.25, 0.3) is 0 Å². The molecule has 0 fully saturated rings. The van der Waals surface area contributed by atoms with E-state index in [-0.39, 0.29) is 22.5 Å². The number of hydrogen-bond acceptors (Lipinski definition) is 8. The van der Waals surface area contributed by atoms with Gasteiger partial charge in [-0.3, -0.25) is 9.59 Å². The van der Waals surface area contributed by atoms with Crippen molar-refractivity contribution in [1.29, 1.82) is 0 Å². The van der Waals surface area contributed by atoms with Crippen molar-refractivity contribution in [1.82, 2.24) is 0 Å². The van der Waals surface area contributed by atoms with Gasteiger partial charge in [0.1, 0.15) is 11.3 Å². The number of rotatable bonds is 9. The van der Waals surface area contributed by atoms with E-state index in [0.717, 1.165) is 16.7 Å². The first kappa shape index (κ1) is 35.9. The molecule has 0 saturated carbocycles. The molecule has 0 radical (unpaired) electrons. The summed E-state index contributed by atoms with van der Waals surface area (Å²) in [4.78, 5) is 37.0. The molecule has 6 rings (SSSR count). The molecule has 4 aromatic carbocycles. The normalized spacial score (nSPS) is 13.3. The zero-order valence-electron chi connectivity index (χ0n) is 27.0. The van der Waals surface area contributed by atoms with Crippen LogP contribution in [0.2, 0.25) is 0 Å². The van der Waals surface area contributed by atoms with Crippen LogP contribution in [0.1, 0.15) is 40.8 Å². The second kappa shape index (κ2) is 14.6. The van der Waals surface area contributed by atoms with Crippen LogP contribution in [0, 0.1) is 6.92 Å². The third-order valence-corrected chi connectivity index (χ3v) is 9.77. The van der Waals surface area contributed by atoms with Gasteiger partial charge in [0.15, 0.2) is 21.0 Å². The number of aryl methyl sites for hydroxylation is 1. The van der Waals surface area contributed by atoms with Gasteiger partial charge in [-0.25, -0.2) is 13.2 Å². The number of carbonyl (C=O) groups is 2. The Hall–Kier alpha value is -5.43. The van der Waals surface area contributed by atoms with Crippen molar-refractivity contribution in [2.24, 2.45) is 0 Å². The fourth-order valence-corrected chi connectivity index (χ4v) is 7.15. The molecule has 0 saturated heterocycles. The van der Waals surface area contributed by atoms with E-state index in [4.69, 9.17) is 14.3 Å². The van der Waals surface area contributed by atoms with Gasteiger partial charge in [0, 0.05) is 31.1 Å². The van der Waals surface area contributed by atoms with Gasteiger partial charge in [-0.15, -0.1) is 0 Å². The number of halogens is 3. The minimum Gasteiger partial charge on any atom is -0.475 e. The van der Waals surface area contributed by atoms with E-state index in [2.05, 4.69) is 17.4 Å². The van der Waals surface area contributed by atoms with E-state index >= 15 is 0 Å². The first-order chi connectivity index (χ1) is 23.6. The molecule has 0 spiro atoms. The van der Waals surface area contributed by atoms with E-state index in [9.17, 15) is 31.2 Å². The number of carboxylic acid groups (broad SMARTS) is 1. The predicted molar refractivity (Wildman–Crippen MR) is 183 cm³/mol. The molecule has 1 aromatic heterocycles. The average molecular weight is 707 g/mol. The Kier molecular flexibility index (Phi) is 10.5. The Morgan fingerprint density at radius 1 is 0.920 bits per heavy atom. The summed E-state index contributed by atoms with van der Waals surface area (Å²) in [6, 6.07) is 28.8. The number of sulfone groups is 1. The summed E-state index contributed by atoms with van der Waals surface area (Å²) in [6.07, 6.45) is -5.04. The van der Waals surface area contributed by atoms with Gasteiger partial charge < -0.3 is 19.7 Å². The Morgan fingerprint density at radius 3 is 2.12 bits per heavy atom. The largest absolute Gasteiger partial charge is 0.490 e. The number of benzene rings is 4. The first-order valence-electron chi connectivity index (χ1n) is 15.5. The van der Waals surface area contributed by atoms with Crippen LogP contribution in [0.3, 0.4) is 0 Å². The lowest BCUT2D eigenvalue weighted by Crippen LogP contribution is -2.21. The Labute approximate surface area is 285 Å². The van der Waals surface area contributed by atoms with Crippen molar-refractivity contribution >= 4 is 44.1 Å². The van der Waals surface area contributed by atoms with Crippen LogP contribution < -0.4 is 15.6 Å². The summed E-state index contributed by atoms with van der Waals surface area (Å²) >= 11 is 0. The van der Waals surface area contributed by atoms with Crippen LogP contribution in [0.25, 0.3) is 11.0 Å². The Bertz CT molecular complexity index is 2190. The maximum absolute atomic E-state index is 13.4. The summed E-state index contributed by atoms with van der Waals surface area (Å²) in [5, 5.41) is 10.9. The second-order valence-corrected chi connectivity index (χ2v) is 13.9. The SMILES string of the molecule is Cc1cc(C(C)Nc2ccccc2S(=O)(=O)CC(=O)Cc2ccccc2)c2oc(N3Cc4ccccc4C3)cc(=O)c2c1.O=C(O)C(F)(F)F. The number of nitrogens with one attached hydrogen (secondary N) is 1. The van der Waals surface area contributed by atoms with Crippen molar-refractivity contribution in [3.63, 3.8) is 0 Å². The third-order valence-electron chi connectivity index (χ3n) is 8.04. The first-order valence-corrected chi connectivity index (χ1v) is 17.1. The number of aliphatic carboxylic acids is 1. The average Bonchev–Trinajstić information content (AvgIpc) is 3.49. The van der Waals surface area contributed by atoms with Crippen LogP contribution in [-0.4, -0.2) is 37.2 Å². The fraction of sp³-hybridized carbons (Fsp3) is 0.216. The minimum atomic E-state index is -5.08. The molecule has 2 N–H and O–H groups in total. The van der Waals surface area contributed by atoms with Gasteiger partial charge >= 0.3 is 12.1 Å². The highest BCUT2D eigenvalue weighted by molar-refractivity contribution is 7.92. The van der Waals surface area contributed by atoms with E-state index < -0.39 is 33.8 Å². The van der Waals surface area contributed by atoms with Gasteiger partial charge in [-0.1, -0.05) is 72.8 Å². The number of nitrogens with zero attached hydrogens (tertiary/aromatic N) is 1. The lowest BCUT2D eigenvalue weighted by Gasteiger charge is -2.21. The van der Waals surface area contributed by atoms with Crippen molar-refractivity contribution in [2.75, 3.05) is 16.0 Å². The van der Waals surface area contributed by atoms with E-state index in [1.807, 2.05) is 61.2 Å². The molecule has 1 unspecified atom stereocenters. The standard InChI is InChI=1S/C35H32N2O5S.C2HF3O2/c1-23-16-29(35-30(17-23)32(39)19-34(42-35)37-20-26-12-6-7-13-27(26)21-37)24(2)36-31-14-8-9-15-33(31)43(40,41)22-28(38)18-25-10-4-3-5-11-25;3-2(4,5)1(6)7/h3-17,19,24,36H,18,20-22H2,1-2H3;(H,6,7). The number of carbonyl (C=O) groups excluding carboxylic acids is 1. The van der Waals surface area contributed by atoms with Gasteiger partial charge in [-0.2, -0.15) is 13.2 Å². The highest BCUT2D eigenvalue weighted by Crippen LogP contribution is 2.34. The maximum Gasteiger partial charge on any atom is 0.490 e. The molecule has 13 heteroatoms. The zero-order chi connectivity index (χ0) is 36.2. The molecule has 1 aliphatic heterocycles. The molecule has 0 bridgehead atoms. The number of fused-ring (bicyclic) bond motifs is 2. The number of ketones is 1. The monoisotopic (exact) mass is 706 g/mol. The quantitative estimate of drug-likeness (QED) is 0.166.